The molecule has 0 spiro atoms. The predicted octanol–water partition coefficient (Wildman–Crippen LogP) is 5.02. The Morgan fingerprint density at radius 3 is 2.51 bits per heavy atom. The molecule has 0 aromatic heterocycles. The van der Waals surface area contributed by atoms with Gasteiger partial charge in [-0.1, -0.05) is 20.8 Å². The second-order valence-corrected chi connectivity index (χ2v) is 11.9. The summed E-state index contributed by atoms with van der Waals surface area (Å²) in [4.78, 5) is 28.6. The van der Waals surface area contributed by atoms with Gasteiger partial charge in [-0.25, -0.2) is 4.39 Å². The van der Waals surface area contributed by atoms with Crippen LogP contribution in [-0.4, -0.2) is 80.8 Å². The maximum absolute atomic E-state index is 15.3. The molecule has 1 atom stereocenters. The number of carboxylic acids is 1. The highest BCUT2D eigenvalue weighted by atomic mass is 19.1. The number of nitrogens with one attached hydrogen (secondary N) is 1. The summed E-state index contributed by atoms with van der Waals surface area (Å²) in [6, 6.07) is 5.29. The number of carbonyl (C=O) groups excluding carboxylic acids is 1. The predicted molar refractivity (Wildman–Crippen MR) is 161 cm³/mol. The van der Waals surface area contributed by atoms with E-state index in [1.807, 2.05) is 39.8 Å². The molecule has 4 rings (SSSR count). The Hall–Kier alpha value is -3.86. The monoisotopic (exact) mass is 599 g/mol. The number of anilines is 1. The van der Waals surface area contributed by atoms with Gasteiger partial charge in [-0.15, -0.1) is 0 Å². The van der Waals surface area contributed by atoms with Crippen LogP contribution < -0.4 is 19.1 Å². The van der Waals surface area contributed by atoms with Gasteiger partial charge in [-0.3, -0.25) is 15.0 Å². The number of ether oxygens (including phenoxy) is 4. The Kier molecular flexibility index (Phi) is 9.84. The molecule has 0 saturated carbocycles. The van der Waals surface area contributed by atoms with Crippen LogP contribution in [0, 0.1) is 11.2 Å². The number of carbonyl (C=O) groups is 2. The Labute approximate surface area is 252 Å². The van der Waals surface area contributed by atoms with Crippen molar-refractivity contribution in [2.75, 3.05) is 52.0 Å². The molecule has 0 radical (unpaired) electrons. The molecule has 2 aliphatic heterocycles. The molecular formula is C32H42FN3O7. The zero-order chi connectivity index (χ0) is 31.5. The van der Waals surface area contributed by atoms with E-state index in [-0.39, 0.29) is 60.9 Å². The summed E-state index contributed by atoms with van der Waals surface area (Å²) in [5, 5.41) is 17.8. The Balaban J connectivity index is 1.67. The van der Waals surface area contributed by atoms with Crippen molar-refractivity contribution in [1.82, 2.24) is 4.90 Å². The van der Waals surface area contributed by atoms with Crippen LogP contribution in [0.2, 0.25) is 0 Å². The minimum atomic E-state index is -0.883. The fourth-order valence-corrected chi connectivity index (χ4v) is 5.66. The standard InChI is InChI=1S/C32H42FN3O7/c1-7-42-21-10-11-35(17-21)23-14-19(13-22(32(2,3)4)29(23)43-12-8-9-26(38)39)24(37)18-36-16-20-15-25(40-5)30(41-6)28(33)27(20)31(36)34/h13-15,21,34H,7-12,16-18H2,1-6H3,(H,38,39). The first-order valence-corrected chi connectivity index (χ1v) is 14.6. The zero-order valence-electron chi connectivity index (χ0n) is 25.8. The molecule has 1 saturated heterocycles. The molecule has 1 unspecified atom stereocenters. The molecule has 2 aromatic rings. The molecule has 0 aliphatic carbocycles. The average molecular weight is 600 g/mol. The Morgan fingerprint density at radius 1 is 1.14 bits per heavy atom. The second-order valence-electron chi connectivity index (χ2n) is 11.9. The maximum Gasteiger partial charge on any atom is 0.303 e. The fourth-order valence-electron chi connectivity index (χ4n) is 5.66. The van der Waals surface area contributed by atoms with Gasteiger partial charge < -0.3 is 33.9 Å². The Morgan fingerprint density at radius 2 is 1.88 bits per heavy atom. The number of ketones is 1. The van der Waals surface area contributed by atoms with E-state index in [0.29, 0.717) is 43.0 Å². The largest absolute Gasteiger partial charge is 0.493 e. The van der Waals surface area contributed by atoms with Crippen molar-refractivity contribution >= 4 is 23.3 Å². The maximum atomic E-state index is 15.3. The summed E-state index contributed by atoms with van der Waals surface area (Å²) in [6.07, 6.45) is 1.23. The van der Waals surface area contributed by atoms with Crippen molar-refractivity contribution in [3.63, 3.8) is 0 Å². The van der Waals surface area contributed by atoms with Crippen molar-refractivity contribution in [1.29, 1.82) is 5.41 Å². The van der Waals surface area contributed by atoms with Crippen LogP contribution in [0.5, 0.6) is 17.2 Å². The van der Waals surface area contributed by atoms with E-state index in [0.717, 1.165) is 17.7 Å². The molecule has 0 bridgehead atoms. The molecule has 2 aromatic carbocycles. The highest BCUT2D eigenvalue weighted by molar-refractivity contribution is 6.06. The number of hydrogen-bond donors (Lipinski definition) is 2. The topological polar surface area (TPSA) is 122 Å². The molecule has 11 heteroatoms. The first-order chi connectivity index (χ1) is 20.4. The highest BCUT2D eigenvalue weighted by Gasteiger charge is 2.34. The SMILES string of the molecule is CCOC1CCN(c2cc(C(=O)CN3Cc4cc(OC)c(OC)c(F)c4C3=N)cc(C(C)(C)C)c2OCCCC(=O)O)C1. The van der Waals surface area contributed by atoms with E-state index in [2.05, 4.69) is 4.90 Å². The minimum absolute atomic E-state index is 0.00456. The van der Waals surface area contributed by atoms with Crippen LogP contribution in [0.25, 0.3) is 0 Å². The van der Waals surface area contributed by atoms with Crippen molar-refractivity contribution in [3.8, 4) is 17.2 Å². The molecule has 2 aliphatic rings. The van der Waals surface area contributed by atoms with Crippen LogP contribution in [0.15, 0.2) is 18.2 Å². The average Bonchev–Trinajstić information content (AvgIpc) is 3.54. The molecule has 2 heterocycles. The molecular weight excluding hydrogens is 557 g/mol. The minimum Gasteiger partial charge on any atom is -0.493 e. The highest BCUT2D eigenvalue weighted by Crippen LogP contribution is 2.42. The second kappa shape index (κ2) is 13.2. The lowest BCUT2D eigenvalue weighted by molar-refractivity contribution is -0.137. The number of carboxylic acid groups (broad SMARTS) is 1. The molecule has 10 nitrogen and oxygen atoms in total. The summed E-state index contributed by atoms with van der Waals surface area (Å²) >= 11 is 0. The lowest BCUT2D eigenvalue weighted by atomic mass is 9.84. The van der Waals surface area contributed by atoms with Gasteiger partial charge in [-0.2, -0.15) is 0 Å². The van der Waals surface area contributed by atoms with Crippen molar-refractivity contribution < 1.29 is 38.0 Å². The Bertz CT molecular complexity index is 1390. The molecule has 43 heavy (non-hydrogen) atoms. The van der Waals surface area contributed by atoms with E-state index >= 15 is 4.39 Å². The van der Waals surface area contributed by atoms with Crippen LogP contribution in [0.3, 0.4) is 0 Å². The third kappa shape index (κ3) is 6.87. The van der Waals surface area contributed by atoms with Gasteiger partial charge in [0, 0.05) is 43.8 Å². The van der Waals surface area contributed by atoms with Crippen LogP contribution in [0.4, 0.5) is 10.1 Å². The summed E-state index contributed by atoms with van der Waals surface area (Å²) < 4.78 is 37.9. The first-order valence-electron chi connectivity index (χ1n) is 14.6. The van der Waals surface area contributed by atoms with Gasteiger partial charge in [0.05, 0.1) is 44.7 Å². The number of amidine groups is 1. The fraction of sp³-hybridized carbons (Fsp3) is 0.531. The van der Waals surface area contributed by atoms with Gasteiger partial charge in [0.1, 0.15) is 11.6 Å². The molecule has 2 N–H and O–H groups in total. The number of rotatable bonds is 13. The zero-order valence-corrected chi connectivity index (χ0v) is 25.8. The number of Topliss-reactive ketones (excluding diaryl/α,β-unsaturated/α-hetero) is 1. The summed E-state index contributed by atoms with van der Waals surface area (Å²) in [6.45, 7) is 10.3. The first kappa shape index (κ1) is 32.1. The van der Waals surface area contributed by atoms with E-state index in [4.69, 9.17) is 29.5 Å². The van der Waals surface area contributed by atoms with Gasteiger partial charge in [-0.05, 0) is 48.9 Å². The van der Waals surface area contributed by atoms with Crippen molar-refractivity contribution in [3.05, 3.63) is 46.3 Å². The van der Waals surface area contributed by atoms with Gasteiger partial charge in [0.25, 0.3) is 0 Å². The number of fused-ring (bicyclic) bond motifs is 1. The van der Waals surface area contributed by atoms with Gasteiger partial charge >= 0.3 is 5.97 Å². The summed E-state index contributed by atoms with van der Waals surface area (Å²) in [7, 11) is 2.76. The van der Waals surface area contributed by atoms with Crippen LogP contribution in [0.1, 0.15) is 74.0 Å². The smallest absolute Gasteiger partial charge is 0.303 e. The van der Waals surface area contributed by atoms with Crippen molar-refractivity contribution in [2.24, 2.45) is 0 Å². The normalized spacial score (nSPS) is 16.4. The van der Waals surface area contributed by atoms with Crippen LogP contribution >= 0.6 is 0 Å². The van der Waals surface area contributed by atoms with E-state index < -0.39 is 17.2 Å². The number of benzene rings is 2. The van der Waals surface area contributed by atoms with Gasteiger partial charge in [0.15, 0.2) is 23.1 Å². The lowest BCUT2D eigenvalue weighted by Gasteiger charge is -2.30. The third-order valence-electron chi connectivity index (χ3n) is 7.81. The number of hydrogen-bond acceptors (Lipinski definition) is 8. The quantitative estimate of drug-likeness (QED) is 0.241. The molecule has 234 valence electrons. The number of aliphatic carboxylic acids is 1. The number of nitrogens with zero attached hydrogens (tertiary/aromatic N) is 2. The number of methoxy groups -OCH3 is 2. The van der Waals surface area contributed by atoms with Crippen molar-refractivity contribution in [2.45, 2.75) is 65.0 Å². The van der Waals surface area contributed by atoms with E-state index in [1.165, 1.54) is 14.2 Å². The lowest BCUT2D eigenvalue weighted by Crippen LogP contribution is -2.31. The molecule has 1 fully saturated rings. The third-order valence-corrected chi connectivity index (χ3v) is 7.81. The van der Waals surface area contributed by atoms with E-state index in [1.54, 1.807) is 11.0 Å². The summed E-state index contributed by atoms with van der Waals surface area (Å²) in [5.41, 5.74) is 2.28. The summed E-state index contributed by atoms with van der Waals surface area (Å²) in [5.74, 6) is -1.09. The van der Waals surface area contributed by atoms with Gasteiger partial charge in [0.2, 0.25) is 0 Å². The van der Waals surface area contributed by atoms with Crippen LogP contribution in [-0.2, 0) is 21.5 Å². The van der Waals surface area contributed by atoms with E-state index in [9.17, 15) is 9.59 Å². The molecule has 0 amide bonds. The number of halogens is 1.